The summed E-state index contributed by atoms with van der Waals surface area (Å²) in [6.45, 7) is 0.897. The third-order valence-electron chi connectivity index (χ3n) is 3.86. The number of halogens is 1. The second-order valence-corrected chi connectivity index (χ2v) is 6.69. The number of carbonyl (C=O) groups excluding carboxylic acids is 1. The van der Waals surface area contributed by atoms with Gasteiger partial charge in [-0.15, -0.1) is 0 Å². The van der Waals surface area contributed by atoms with Crippen LogP contribution in [-0.4, -0.2) is 37.6 Å². The van der Waals surface area contributed by atoms with Crippen molar-refractivity contribution in [3.63, 3.8) is 0 Å². The molecule has 11 heteroatoms. The lowest BCUT2D eigenvalue weighted by molar-refractivity contribution is 0.0693. The average molecular weight is 419 g/mol. The normalized spacial score (nSPS) is 10.5. The van der Waals surface area contributed by atoms with E-state index in [0.29, 0.717) is 19.5 Å². The number of hydrogen-bond donors (Lipinski definition) is 3. The minimum Gasteiger partial charge on any atom is -0.477 e. The van der Waals surface area contributed by atoms with Crippen molar-refractivity contribution in [1.82, 2.24) is 19.2 Å². The highest BCUT2D eigenvalue weighted by Gasteiger charge is 2.23. The summed E-state index contributed by atoms with van der Waals surface area (Å²) in [7, 11) is 0. The highest BCUT2D eigenvalue weighted by Crippen LogP contribution is 2.31. The molecule has 0 spiro atoms. The number of imidazole rings is 1. The molecule has 0 aliphatic carbocycles. The standard InChI is InChI=1S/C18H18FN5O4S/c19-13-5-2-1-4-12(13)10-28-15-14(17(25)26)16(29-23-15)22-18(27)21-6-3-8-24-9-7-20-11-24/h1-2,4-5,7,9,11H,3,6,8,10H2,(H,25,26)(H2,21,22,27). The van der Waals surface area contributed by atoms with Gasteiger partial charge < -0.3 is 19.7 Å². The summed E-state index contributed by atoms with van der Waals surface area (Å²) < 4.78 is 24.9. The molecule has 0 aliphatic rings. The van der Waals surface area contributed by atoms with Gasteiger partial charge in [-0.25, -0.2) is 19.0 Å². The molecule has 3 N–H and O–H groups in total. The molecule has 2 aromatic heterocycles. The molecule has 9 nitrogen and oxygen atoms in total. The predicted molar refractivity (Wildman–Crippen MR) is 104 cm³/mol. The molecule has 3 aromatic rings. The van der Waals surface area contributed by atoms with E-state index < -0.39 is 17.8 Å². The largest absolute Gasteiger partial charge is 0.477 e. The first-order valence-electron chi connectivity index (χ1n) is 8.64. The average Bonchev–Trinajstić information content (AvgIpc) is 3.34. The molecular formula is C18H18FN5O4S. The van der Waals surface area contributed by atoms with Crippen LogP contribution in [-0.2, 0) is 13.2 Å². The van der Waals surface area contributed by atoms with Crippen molar-refractivity contribution in [3.05, 3.63) is 59.9 Å². The van der Waals surface area contributed by atoms with Crippen molar-refractivity contribution in [1.29, 1.82) is 0 Å². The molecule has 0 atom stereocenters. The van der Waals surface area contributed by atoms with Gasteiger partial charge in [0, 0.05) is 31.0 Å². The van der Waals surface area contributed by atoms with Gasteiger partial charge >= 0.3 is 12.0 Å². The first-order valence-corrected chi connectivity index (χ1v) is 9.41. The van der Waals surface area contributed by atoms with Gasteiger partial charge in [0.1, 0.15) is 17.4 Å². The van der Waals surface area contributed by atoms with Gasteiger partial charge in [-0.05, 0) is 24.0 Å². The van der Waals surface area contributed by atoms with Crippen LogP contribution in [0, 0.1) is 5.82 Å². The Morgan fingerprint density at radius 3 is 2.86 bits per heavy atom. The lowest BCUT2D eigenvalue weighted by Gasteiger charge is -2.08. The minimum absolute atomic E-state index is 0.0353. The minimum atomic E-state index is -1.31. The summed E-state index contributed by atoms with van der Waals surface area (Å²) in [5, 5.41) is 14.6. The number of urea groups is 1. The number of anilines is 1. The Hall–Kier alpha value is -3.47. The topological polar surface area (TPSA) is 118 Å². The first-order chi connectivity index (χ1) is 14.0. The number of aromatic carboxylic acids is 1. The monoisotopic (exact) mass is 419 g/mol. The number of aryl methyl sites for hydroxylation is 1. The Morgan fingerprint density at radius 2 is 2.14 bits per heavy atom. The maximum absolute atomic E-state index is 13.7. The van der Waals surface area contributed by atoms with Crippen LogP contribution in [0.4, 0.5) is 14.2 Å². The molecule has 1 aromatic carbocycles. The number of ether oxygens (including phenoxy) is 1. The summed E-state index contributed by atoms with van der Waals surface area (Å²) in [5.74, 6) is -1.95. The molecule has 0 radical (unpaired) electrons. The Bertz CT molecular complexity index is 977. The van der Waals surface area contributed by atoms with Crippen molar-refractivity contribution in [2.45, 2.75) is 19.6 Å². The summed E-state index contributed by atoms with van der Waals surface area (Å²) in [6, 6.07) is 5.44. The second-order valence-electron chi connectivity index (χ2n) is 5.91. The number of rotatable bonds is 9. The fourth-order valence-electron chi connectivity index (χ4n) is 2.44. The zero-order chi connectivity index (χ0) is 20.6. The first kappa shape index (κ1) is 20.3. The summed E-state index contributed by atoms with van der Waals surface area (Å²) in [5.41, 5.74) is -0.0121. The predicted octanol–water partition coefficient (Wildman–Crippen LogP) is 2.97. The Morgan fingerprint density at radius 1 is 1.31 bits per heavy atom. The Labute approximate surface area is 169 Å². The summed E-state index contributed by atoms with van der Waals surface area (Å²) in [6.07, 6.45) is 5.84. The van der Waals surface area contributed by atoms with Crippen molar-refractivity contribution >= 4 is 28.5 Å². The number of carboxylic acid groups (broad SMARTS) is 1. The zero-order valence-corrected chi connectivity index (χ0v) is 16.0. The molecular weight excluding hydrogens is 401 g/mol. The van der Waals surface area contributed by atoms with Gasteiger partial charge in [-0.1, -0.05) is 18.2 Å². The van der Waals surface area contributed by atoms with Gasteiger partial charge in [-0.2, -0.15) is 4.37 Å². The lowest BCUT2D eigenvalue weighted by atomic mass is 10.2. The molecule has 0 fully saturated rings. The van der Waals surface area contributed by atoms with Crippen LogP contribution < -0.4 is 15.4 Å². The SMILES string of the molecule is O=C(NCCCn1ccnc1)Nc1snc(OCc2ccccc2F)c1C(=O)O. The number of hydrogen-bond acceptors (Lipinski definition) is 6. The molecule has 152 valence electrons. The fourth-order valence-corrected chi connectivity index (χ4v) is 3.16. The van der Waals surface area contributed by atoms with Crippen LogP contribution >= 0.6 is 11.5 Å². The number of nitrogens with zero attached hydrogens (tertiary/aromatic N) is 3. The van der Waals surface area contributed by atoms with Gasteiger partial charge in [0.2, 0.25) is 5.88 Å². The van der Waals surface area contributed by atoms with E-state index in [4.69, 9.17) is 4.74 Å². The summed E-state index contributed by atoms with van der Waals surface area (Å²) >= 11 is 0.775. The smallest absolute Gasteiger partial charge is 0.344 e. The number of aromatic nitrogens is 3. The van der Waals surface area contributed by atoms with E-state index in [-0.39, 0.29) is 28.6 Å². The van der Waals surface area contributed by atoms with Crippen LogP contribution in [0.25, 0.3) is 0 Å². The van der Waals surface area contributed by atoms with Gasteiger partial charge in [0.15, 0.2) is 5.56 Å². The Balaban J connectivity index is 1.55. The second kappa shape index (κ2) is 9.64. The molecule has 29 heavy (non-hydrogen) atoms. The van der Waals surface area contributed by atoms with E-state index in [9.17, 15) is 19.1 Å². The van der Waals surface area contributed by atoms with Crippen LogP contribution in [0.1, 0.15) is 22.3 Å². The van der Waals surface area contributed by atoms with Crippen LogP contribution in [0.2, 0.25) is 0 Å². The molecule has 0 unspecified atom stereocenters. The number of nitrogens with one attached hydrogen (secondary N) is 2. The Kier molecular flexibility index (Phi) is 6.74. The maximum atomic E-state index is 13.7. The molecule has 0 saturated carbocycles. The summed E-state index contributed by atoms with van der Waals surface area (Å²) in [4.78, 5) is 27.6. The fraction of sp³-hybridized carbons (Fsp3) is 0.222. The van der Waals surface area contributed by atoms with Crippen molar-refractivity contribution in [3.8, 4) is 5.88 Å². The molecule has 2 amide bonds. The molecule has 0 aliphatic heterocycles. The molecule has 3 rings (SSSR count). The van der Waals surface area contributed by atoms with Gasteiger partial charge in [-0.3, -0.25) is 5.32 Å². The highest BCUT2D eigenvalue weighted by atomic mass is 32.1. The quantitative estimate of drug-likeness (QED) is 0.459. The van der Waals surface area contributed by atoms with Crippen molar-refractivity contribution < 1.29 is 23.8 Å². The van der Waals surface area contributed by atoms with Crippen LogP contribution in [0.3, 0.4) is 0 Å². The van der Waals surface area contributed by atoms with E-state index in [2.05, 4.69) is 20.0 Å². The number of amides is 2. The molecule has 2 heterocycles. The van der Waals surface area contributed by atoms with Crippen molar-refractivity contribution in [2.75, 3.05) is 11.9 Å². The van der Waals surface area contributed by atoms with Crippen LogP contribution in [0.5, 0.6) is 5.88 Å². The van der Waals surface area contributed by atoms with Gasteiger partial charge in [0.25, 0.3) is 0 Å². The van der Waals surface area contributed by atoms with E-state index in [1.807, 2.05) is 10.8 Å². The highest BCUT2D eigenvalue weighted by molar-refractivity contribution is 7.11. The van der Waals surface area contributed by atoms with E-state index in [0.717, 1.165) is 11.5 Å². The van der Waals surface area contributed by atoms with E-state index in [1.165, 1.54) is 12.1 Å². The number of carboxylic acids is 1. The van der Waals surface area contributed by atoms with Crippen molar-refractivity contribution in [2.24, 2.45) is 0 Å². The third-order valence-corrected chi connectivity index (χ3v) is 4.61. The number of carbonyl (C=O) groups is 2. The van der Waals surface area contributed by atoms with Crippen LogP contribution in [0.15, 0.2) is 43.0 Å². The maximum Gasteiger partial charge on any atom is 0.344 e. The molecule has 0 bridgehead atoms. The third kappa shape index (κ3) is 5.51. The number of benzene rings is 1. The van der Waals surface area contributed by atoms with E-state index in [1.54, 1.807) is 24.7 Å². The molecule has 0 saturated heterocycles. The van der Waals surface area contributed by atoms with Gasteiger partial charge in [0.05, 0.1) is 6.33 Å². The lowest BCUT2D eigenvalue weighted by Crippen LogP contribution is -2.30. The zero-order valence-electron chi connectivity index (χ0n) is 15.2. The van der Waals surface area contributed by atoms with E-state index >= 15 is 0 Å².